The van der Waals surface area contributed by atoms with Gasteiger partial charge in [0.15, 0.2) is 0 Å². The third-order valence-corrected chi connectivity index (χ3v) is 5.04. The van der Waals surface area contributed by atoms with Crippen LogP contribution in [-0.2, 0) is 13.0 Å². The zero-order valence-corrected chi connectivity index (χ0v) is 16.6. The Hall–Kier alpha value is -3.28. The third kappa shape index (κ3) is 4.59. The molecular formula is C23H26N4O2. The molecule has 29 heavy (non-hydrogen) atoms. The van der Waals surface area contributed by atoms with Gasteiger partial charge in [0.25, 0.3) is 0 Å². The maximum atomic E-state index is 12.3. The fraction of sp³-hybridized carbons (Fsp3) is 0.304. The number of rotatable bonds is 7. The summed E-state index contributed by atoms with van der Waals surface area (Å²) < 4.78 is 7.91. The molecule has 6 nitrogen and oxygen atoms in total. The average molecular weight is 390 g/mol. The summed E-state index contributed by atoms with van der Waals surface area (Å²) in [7, 11) is 0. The van der Waals surface area contributed by atoms with Gasteiger partial charge in [0.1, 0.15) is 11.6 Å². The molecule has 3 aromatic rings. The summed E-state index contributed by atoms with van der Waals surface area (Å²) >= 11 is 0. The molecule has 0 fully saturated rings. The van der Waals surface area contributed by atoms with Crippen molar-refractivity contribution < 1.29 is 9.53 Å². The molecule has 1 aromatic heterocycles. The van der Waals surface area contributed by atoms with Gasteiger partial charge in [-0.1, -0.05) is 25.5 Å². The molecule has 0 spiro atoms. The fourth-order valence-electron chi connectivity index (χ4n) is 3.48. The summed E-state index contributed by atoms with van der Waals surface area (Å²) in [5.74, 6) is 1.97. The molecule has 0 aliphatic carbocycles. The van der Waals surface area contributed by atoms with Crippen molar-refractivity contribution in [1.29, 1.82) is 0 Å². The van der Waals surface area contributed by atoms with Crippen LogP contribution in [0.25, 0.3) is 11.3 Å². The Morgan fingerprint density at radius 1 is 1.07 bits per heavy atom. The van der Waals surface area contributed by atoms with E-state index in [1.165, 1.54) is 0 Å². The number of aryl methyl sites for hydroxylation is 1. The molecule has 2 aromatic carbocycles. The summed E-state index contributed by atoms with van der Waals surface area (Å²) in [5, 5.41) is 5.71. The van der Waals surface area contributed by atoms with Crippen molar-refractivity contribution in [2.45, 2.75) is 39.2 Å². The number of hydrogen-bond acceptors (Lipinski definition) is 3. The highest BCUT2D eigenvalue weighted by Gasteiger charge is 2.16. The molecule has 0 atom stereocenters. The Balaban J connectivity index is 1.32. The monoisotopic (exact) mass is 390 g/mol. The van der Waals surface area contributed by atoms with Crippen molar-refractivity contribution >= 4 is 17.4 Å². The molecule has 0 saturated carbocycles. The topological polar surface area (TPSA) is 68.2 Å². The number of urea groups is 1. The van der Waals surface area contributed by atoms with E-state index in [2.05, 4.69) is 27.1 Å². The van der Waals surface area contributed by atoms with Gasteiger partial charge in [-0.15, -0.1) is 0 Å². The van der Waals surface area contributed by atoms with Crippen LogP contribution in [0.15, 0.2) is 54.7 Å². The highest BCUT2D eigenvalue weighted by atomic mass is 16.5. The van der Waals surface area contributed by atoms with Crippen molar-refractivity contribution in [2.75, 3.05) is 17.2 Å². The highest BCUT2D eigenvalue weighted by Crippen LogP contribution is 2.26. The summed E-state index contributed by atoms with van der Waals surface area (Å²) in [6.07, 6.45) is 6.27. The molecule has 2 N–H and O–H groups in total. The second kappa shape index (κ2) is 8.82. The number of nitrogens with one attached hydrogen (secondary N) is 2. The molecule has 6 heteroatoms. The summed E-state index contributed by atoms with van der Waals surface area (Å²) in [4.78, 5) is 16.8. The van der Waals surface area contributed by atoms with Gasteiger partial charge in [-0.2, -0.15) is 0 Å². The lowest BCUT2D eigenvalue weighted by Crippen LogP contribution is -2.19. The van der Waals surface area contributed by atoms with E-state index in [0.717, 1.165) is 66.4 Å². The van der Waals surface area contributed by atoms with Crippen LogP contribution < -0.4 is 15.4 Å². The van der Waals surface area contributed by atoms with Crippen LogP contribution in [0.1, 0.15) is 32.0 Å². The molecule has 0 radical (unpaired) electrons. The third-order valence-electron chi connectivity index (χ3n) is 5.04. The summed E-state index contributed by atoms with van der Waals surface area (Å²) in [5.41, 5.74) is 3.70. The fourth-order valence-corrected chi connectivity index (χ4v) is 3.48. The number of carbonyl (C=O) groups excluding carboxylic acids is 1. The van der Waals surface area contributed by atoms with Crippen molar-refractivity contribution in [1.82, 2.24) is 9.55 Å². The lowest BCUT2D eigenvalue weighted by Gasteiger charge is -2.10. The zero-order valence-electron chi connectivity index (χ0n) is 16.6. The Kier molecular flexibility index (Phi) is 5.79. The second-order valence-electron chi connectivity index (χ2n) is 7.20. The SMILES string of the molecule is CCCCOc1ccc(NC(=O)Nc2ccc(-c3cnc4n3CCC4)cc2)cc1. The van der Waals surface area contributed by atoms with Gasteiger partial charge >= 0.3 is 6.03 Å². The first-order valence-corrected chi connectivity index (χ1v) is 10.2. The predicted molar refractivity (Wildman–Crippen MR) is 115 cm³/mol. The average Bonchev–Trinajstić information content (AvgIpc) is 3.34. The highest BCUT2D eigenvalue weighted by molar-refractivity contribution is 5.99. The van der Waals surface area contributed by atoms with Gasteiger partial charge < -0.3 is 19.9 Å². The minimum atomic E-state index is -0.275. The van der Waals surface area contributed by atoms with Crippen LogP contribution in [0.4, 0.5) is 16.2 Å². The van der Waals surface area contributed by atoms with Crippen LogP contribution in [0, 0.1) is 0 Å². The van der Waals surface area contributed by atoms with Crippen molar-refractivity contribution in [3.05, 3.63) is 60.6 Å². The normalized spacial score (nSPS) is 12.4. The minimum absolute atomic E-state index is 0.275. The van der Waals surface area contributed by atoms with Crippen molar-refractivity contribution in [2.24, 2.45) is 0 Å². The van der Waals surface area contributed by atoms with E-state index in [1.54, 1.807) is 0 Å². The predicted octanol–water partition coefficient (Wildman–Crippen LogP) is 5.32. The molecule has 150 valence electrons. The first kappa shape index (κ1) is 19.1. The number of carbonyl (C=O) groups is 1. The molecule has 2 amide bonds. The number of benzene rings is 2. The van der Waals surface area contributed by atoms with Crippen LogP contribution in [-0.4, -0.2) is 22.2 Å². The molecule has 1 aliphatic rings. The van der Waals surface area contributed by atoms with E-state index >= 15 is 0 Å². The maximum absolute atomic E-state index is 12.3. The number of aromatic nitrogens is 2. The van der Waals surface area contributed by atoms with Crippen molar-refractivity contribution in [3.63, 3.8) is 0 Å². The quantitative estimate of drug-likeness (QED) is 0.537. The van der Waals surface area contributed by atoms with Crippen LogP contribution >= 0.6 is 0 Å². The van der Waals surface area contributed by atoms with Gasteiger partial charge in [-0.3, -0.25) is 0 Å². The van der Waals surface area contributed by atoms with Crippen LogP contribution in [0.3, 0.4) is 0 Å². The van der Waals surface area contributed by atoms with E-state index in [0.29, 0.717) is 6.61 Å². The Bertz CT molecular complexity index is 962. The van der Waals surface area contributed by atoms with Crippen LogP contribution in [0.2, 0.25) is 0 Å². The summed E-state index contributed by atoms with van der Waals surface area (Å²) in [6, 6.07) is 15.0. The van der Waals surface area contributed by atoms with E-state index in [-0.39, 0.29) is 6.03 Å². The van der Waals surface area contributed by atoms with Gasteiger partial charge in [-0.05, 0) is 54.8 Å². The smallest absolute Gasteiger partial charge is 0.323 e. The minimum Gasteiger partial charge on any atom is -0.494 e. The first-order chi connectivity index (χ1) is 14.2. The van der Waals surface area contributed by atoms with E-state index in [4.69, 9.17) is 4.74 Å². The zero-order chi connectivity index (χ0) is 20.1. The summed E-state index contributed by atoms with van der Waals surface area (Å²) in [6.45, 7) is 3.86. The lowest BCUT2D eigenvalue weighted by atomic mass is 10.1. The number of hydrogen-bond donors (Lipinski definition) is 2. The Morgan fingerprint density at radius 3 is 2.45 bits per heavy atom. The largest absolute Gasteiger partial charge is 0.494 e. The molecule has 2 heterocycles. The maximum Gasteiger partial charge on any atom is 0.323 e. The second-order valence-corrected chi connectivity index (χ2v) is 7.20. The lowest BCUT2D eigenvalue weighted by molar-refractivity contribution is 0.262. The number of anilines is 2. The molecule has 1 aliphatic heterocycles. The Morgan fingerprint density at radius 2 is 1.76 bits per heavy atom. The number of amides is 2. The van der Waals surface area contributed by atoms with Gasteiger partial charge in [-0.25, -0.2) is 9.78 Å². The van der Waals surface area contributed by atoms with Gasteiger partial charge in [0.05, 0.1) is 18.5 Å². The molecular weight excluding hydrogens is 364 g/mol. The van der Waals surface area contributed by atoms with Crippen LogP contribution in [0.5, 0.6) is 5.75 Å². The molecule has 0 unspecified atom stereocenters. The first-order valence-electron chi connectivity index (χ1n) is 10.2. The number of unbranched alkanes of at least 4 members (excludes halogenated alkanes) is 1. The number of imidazole rings is 1. The van der Waals surface area contributed by atoms with Gasteiger partial charge in [0.2, 0.25) is 0 Å². The molecule has 0 saturated heterocycles. The van der Waals surface area contributed by atoms with Gasteiger partial charge in [0, 0.05) is 24.3 Å². The number of fused-ring (bicyclic) bond motifs is 1. The number of nitrogens with zero attached hydrogens (tertiary/aromatic N) is 2. The molecule has 0 bridgehead atoms. The number of ether oxygens (including phenoxy) is 1. The Labute approximate surface area is 170 Å². The standard InChI is InChI=1S/C23H26N4O2/c1-2-3-15-29-20-12-10-19(11-13-20)26-23(28)25-18-8-6-17(7-9-18)21-16-24-22-5-4-14-27(21)22/h6-13,16H,2-5,14-15H2,1H3,(H2,25,26,28). The van der Waals surface area contributed by atoms with E-state index in [9.17, 15) is 4.79 Å². The van der Waals surface area contributed by atoms with Crippen molar-refractivity contribution in [3.8, 4) is 17.0 Å². The van der Waals surface area contributed by atoms with E-state index in [1.807, 2.05) is 54.7 Å². The van der Waals surface area contributed by atoms with E-state index < -0.39 is 0 Å². The molecule has 4 rings (SSSR count).